The third-order valence-electron chi connectivity index (χ3n) is 6.15. The molecule has 1 atom stereocenters. The van der Waals surface area contributed by atoms with Gasteiger partial charge in [0.1, 0.15) is 5.69 Å². The summed E-state index contributed by atoms with van der Waals surface area (Å²) in [6, 6.07) is 14.5. The Bertz CT molecular complexity index is 1410. The van der Waals surface area contributed by atoms with Crippen molar-refractivity contribution in [1.29, 1.82) is 0 Å². The van der Waals surface area contributed by atoms with E-state index >= 15 is 0 Å². The molecule has 4 N–H and O–H groups in total. The fourth-order valence-electron chi connectivity index (χ4n) is 3.77. The Labute approximate surface area is 222 Å². The zero-order chi connectivity index (χ0) is 28.3. The number of anilines is 3. The van der Waals surface area contributed by atoms with E-state index in [0.29, 0.717) is 17.7 Å². The standard InChI is InChI=1S/C19H21N3O2.C6H4ClN3O4/c1-12-10-14(8-9-17(12)20)21(3)13(2)11-22-18(23)15-6-4-5-7-16(15)19(22)24;7-4-1-3(9(11)12)2-5(6(4)8)10(13)14/h4-10,13H,11,20H2,1-3H3;1-2H,8H2. The number of hydrogen-bond acceptors (Lipinski definition) is 9. The average molecular weight is 541 g/mol. The number of non-ortho nitro benzene ring substituents is 1. The molecule has 0 saturated carbocycles. The summed E-state index contributed by atoms with van der Waals surface area (Å²) in [7, 11) is 1.95. The lowest BCUT2D eigenvalue weighted by atomic mass is 10.1. The number of nitro groups is 2. The highest BCUT2D eigenvalue weighted by atomic mass is 35.5. The number of halogens is 1. The first-order valence-electron chi connectivity index (χ1n) is 11.3. The molecule has 0 saturated heterocycles. The van der Waals surface area contributed by atoms with Gasteiger partial charge in [0.25, 0.3) is 17.5 Å². The van der Waals surface area contributed by atoms with E-state index in [4.69, 9.17) is 23.1 Å². The fourth-order valence-corrected chi connectivity index (χ4v) is 3.98. The molecule has 2 amide bonds. The number of nitrogens with zero attached hydrogens (tertiary/aromatic N) is 4. The second kappa shape index (κ2) is 11.1. The summed E-state index contributed by atoms with van der Waals surface area (Å²) in [4.78, 5) is 47.4. The van der Waals surface area contributed by atoms with E-state index in [9.17, 15) is 29.8 Å². The lowest BCUT2D eigenvalue weighted by Crippen LogP contribution is -2.43. The fraction of sp³-hybridized carbons (Fsp3) is 0.200. The molecule has 4 rings (SSSR count). The zero-order valence-corrected chi connectivity index (χ0v) is 21.5. The van der Waals surface area contributed by atoms with Crippen LogP contribution in [0.25, 0.3) is 0 Å². The van der Waals surface area contributed by atoms with Crippen LogP contribution < -0.4 is 16.4 Å². The maximum Gasteiger partial charge on any atom is 0.300 e. The number of fused-ring (bicyclic) bond motifs is 1. The van der Waals surface area contributed by atoms with Gasteiger partial charge in [-0.2, -0.15) is 0 Å². The summed E-state index contributed by atoms with van der Waals surface area (Å²) >= 11 is 5.47. The number of nitrogens with two attached hydrogens (primary N) is 2. The summed E-state index contributed by atoms with van der Waals surface area (Å²) in [5.41, 5.74) is 13.6. The van der Waals surface area contributed by atoms with Crippen molar-refractivity contribution < 1.29 is 19.4 Å². The van der Waals surface area contributed by atoms with Crippen molar-refractivity contribution in [2.24, 2.45) is 0 Å². The molecule has 0 aromatic heterocycles. The second-order valence-corrected chi connectivity index (χ2v) is 9.05. The van der Waals surface area contributed by atoms with Crippen LogP contribution in [-0.2, 0) is 0 Å². The van der Waals surface area contributed by atoms with E-state index in [0.717, 1.165) is 29.1 Å². The minimum Gasteiger partial charge on any atom is -0.399 e. The number of imide groups is 1. The SMILES string of the molecule is Cc1cc(N(C)C(C)CN2C(=O)c3ccccc3C2=O)ccc1N.Nc1c(Cl)cc([N+](=O)[O-])cc1[N+](=O)[O-]. The maximum absolute atomic E-state index is 12.5. The molecule has 1 heterocycles. The molecule has 38 heavy (non-hydrogen) atoms. The van der Waals surface area contributed by atoms with Gasteiger partial charge in [-0.1, -0.05) is 23.7 Å². The van der Waals surface area contributed by atoms with Gasteiger partial charge in [0, 0.05) is 37.1 Å². The minimum atomic E-state index is -0.825. The van der Waals surface area contributed by atoms with Gasteiger partial charge >= 0.3 is 5.69 Å². The molecule has 1 unspecified atom stereocenters. The molecule has 3 aromatic carbocycles. The van der Waals surface area contributed by atoms with Gasteiger partial charge in [0.15, 0.2) is 0 Å². The van der Waals surface area contributed by atoms with Crippen LogP contribution in [0.5, 0.6) is 0 Å². The van der Waals surface area contributed by atoms with E-state index in [2.05, 4.69) is 4.90 Å². The summed E-state index contributed by atoms with van der Waals surface area (Å²) in [5.74, 6) is -0.436. The van der Waals surface area contributed by atoms with Crippen molar-refractivity contribution in [3.63, 3.8) is 0 Å². The molecule has 1 aliphatic heterocycles. The lowest BCUT2D eigenvalue weighted by Gasteiger charge is -2.30. The number of nitro benzene ring substituents is 2. The van der Waals surface area contributed by atoms with Crippen LogP contribution >= 0.6 is 11.6 Å². The van der Waals surface area contributed by atoms with Crippen molar-refractivity contribution in [2.45, 2.75) is 19.9 Å². The zero-order valence-electron chi connectivity index (χ0n) is 20.8. The number of carbonyl (C=O) groups excluding carboxylic acids is 2. The van der Waals surface area contributed by atoms with Crippen molar-refractivity contribution in [3.8, 4) is 0 Å². The van der Waals surface area contributed by atoms with Gasteiger partial charge in [-0.25, -0.2) is 0 Å². The van der Waals surface area contributed by atoms with Crippen LogP contribution in [0.3, 0.4) is 0 Å². The highest BCUT2D eigenvalue weighted by Gasteiger charge is 2.36. The summed E-state index contributed by atoms with van der Waals surface area (Å²) in [5, 5.41) is 20.5. The van der Waals surface area contributed by atoms with Crippen LogP contribution in [0, 0.1) is 27.2 Å². The average Bonchev–Trinajstić information content (AvgIpc) is 3.11. The predicted molar refractivity (Wildman–Crippen MR) is 144 cm³/mol. The monoisotopic (exact) mass is 540 g/mol. The van der Waals surface area contributed by atoms with Gasteiger partial charge in [0.2, 0.25) is 0 Å². The molecule has 13 heteroatoms. The minimum absolute atomic E-state index is 0.0183. The maximum atomic E-state index is 12.5. The van der Waals surface area contributed by atoms with E-state index in [-0.39, 0.29) is 28.6 Å². The van der Waals surface area contributed by atoms with Gasteiger partial charge < -0.3 is 16.4 Å². The molecule has 1 aliphatic rings. The summed E-state index contributed by atoms with van der Waals surface area (Å²) in [6.45, 7) is 4.29. The third-order valence-corrected chi connectivity index (χ3v) is 6.46. The number of aryl methyl sites for hydroxylation is 1. The Morgan fingerprint density at radius 3 is 2.05 bits per heavy atom. The summed E-state index contributed by atoms with van der Waals surface area (Å²) in [6.07, 6.45) is 0. The molecule has 12 nitrogen and oxygen atoms in total. The van der Waals surface area contributed by atoms with Crippen molar-refractivity contribution in [3.05, 3.63) is 96.5 Å². The van der Waals surface area contributed by atoms with Crippen LogP contribution in [0.15, 0.2) is 54.6 Å². The number of hydrogen-bond donors (Lipinski definition) is 2. The molecule has 0 aliphatic carbocycles. The first-order chi connectivity index (χ1) is 17.8. The number of benzene rings is 3. The Hall–Kier alpha value is -4.71. The number of carbonyl (C=O) groups is 2. The van der Waals surface area contributed by atoms with E-state index in [1.165, 1.54) is 4.90 Å². The van der Waals surface area contributed by atoms with Crippen LogP contribution in [-0.4, -0.2) is 46.2 Å². The van der Waals surface area contributed by atoms with Crippen LogP contribution in [0.4, 0.5) is 28.4 Å². The number of amides is 2. The molecular formula is C25H25ClN6O6. The van der Waals surface area contributed by atoms with E-state index in [1.54, 1.807) is 24.3 Å². The van der Waals surface area contributed by atoms with E-state index in [1.807, 2.05) is 39.1 Å². The van der Waals surface area contributed by atoms with Gasteiger partial charge in [-0.05, 0) is 49.7 Å². The first-order valence-corrected chi connectivity index (χ1v) is 11.6. The highest BCUT2D eigenvalue weighted by molar-refractivity contribution is 6.33. The normalized spacial score (nSPS) is 12.9. The molecular weight excluding hydrogens is 516 g/mol. The summed E-state index contributed by atoms with van der Waals surface area (Å²) < 4.78 is 0. The Morgan fingerprint density at radius 2 is 1.55 bits per heavy atom. The topological polar surface area (TPSA) is 179 Å². The van der Waals surface area contributed by atoms with Crippen molar-refractivity contribution in [2.75, 3.05) is 30.0 Å². The molecule has 0 spiro atoms. The predicted octanol–water partition coefficient (Wildman–Crippen LogP) is 4.44. The molecule has 0 radical (unpaired) electrons. The number of nitrogen functional groups attached to an aromatic ring is 2. The van der Waals surface area contributed by atoms with Gasteiger partial charge in [0.05, 0.1) is 32.1 Å². The van der Waals surface area contributed by atoms with Crippen LogP contribution in [0.2, 0.25) is 5.02 Å². The molecule has 3 aromatic rings. The van der Waals surface area contributed by atoms with Gasteiger partial charge in [-0.15, -0.1) is 0 Å². The smallest absolute Gasteiger partial charge is 0.300 e. The first kappa shape index (κ1) is 27.9. The largest absolute Gasteiger partial charge is 0.399 e. The van der Waals surface area contributed by atoms with Crippen molar-refractivity contribution in [1.82, 2.24) is 4.90 Å². The molecule has 198 valence electrons. The molecule has 0 fully saturated rings. The quantitative estimate of drug-likeness (QED) is 0.198. The Kier molecular flexibility index (Phi) is 8.16. The lowest BCUT2D eigenvalue weighted by molar-refractivity contribution is -0.393. The number of rotatable bonds is 6. The number of likely N-dealkylation sites (N-methyl/N-ethyl adjacent to an activating group) is 1. The Balaban J connectivity index is 0.000000244. The van der Waals surface area contributed by atoms with Crippen LogP contribution in [0.1, 0.15) is 33.2 Å². The van der Waals surface area contributed by atoms with Crippen molar-refractivity contribution >= 4 is 51.9 Å². The third kappa shape index (κ3) is 5.65. The Morgan fingerprint density at radius 1 is 0.974 bits per heavy atom. The second-order valence-electron chi connectivity index (χ2n) is 8.64. The molecule has 0 bridgehead atoms. The van der Waals surface area contributed by atoms with Gasteiger partial charge in [-0.3, -0.25) is 34.7 Å². The highest BCUT2D eigenvalue weighted by Crippen LogP contribution is 2.33. The van der Waals surface area contributed by atoms with E-state index < -0.39 is 21.2 Å².